The summed E-state index contributed by atoms with van der Waals surface area (Å²) < 4.78 is 13.9. The van der Waals surface area contributed by atoms with Crippen molar-refractivity contribution in [2.24, 2.45) is 0 Å². The van der Waals surface area contributed by atoms with Crippen LogP contribution in [0.4, 0.5) is 0 Å². The zero-order chi connectivity index (χ0) is 18.3. The molecule has 24 heavy (non-hydrogen) atoms. The molecule has 0 fully saturated rings. The second-order valence-corrected chi connectivity index (χ2v) is 16.3. The minimum Gasteiger partial charge on any atom is -0.254 e. The van der Waals surface area contributed by atoms with E-state index in [4.69, 9.17) is 0 Å². The monoisotopic (exact) mass is 422 g/mol. The van der Waals surface area contributed by atoms with Crippen LogP contribution in [-0.2, 0) is 10.8 Å². The van der Waals surface area contributed by atoms with Crippen molar-refractivity contribution in [3.8, 4) is 11.1 Å². The van der Waals surface area contributed by atoms with Crippen LogP contribution < -0.4 is 5.19 Å². The first-order chi connectivity index (χ1) is 10.9. The summed E-state index contributed by atoms with van der Waals surface area (Å²) in [5.41, 5.74) is 3.48. The molecule has 1 nitrogen and oxygen atoms in total. The largest absolute Gasteiger partial charge is 0.254 e. The van der Waals surface area contributed by atoms with Gasteiger partial charge < -0.3 is 0 Å². The summed E-state index contributed by atoms with van der Waals surface area (Å²) in [6, 6.07) is 12.6. The molecule has 130 valence electrons. The Morgan fingerprint density at radius 3 is 2.12 bits per heavy atom. The lowest BCUT2D eigenvalue weighted by atomic mass is 10.0. The molecular formula is C20H27BrOSSi. The van der Waals surface area contributed by atoms with Gasteiger partial charge >= 0.3 is 0 Å². The Hall–Kier alpha value is -0.713. The highest BCUT2D eigenvalue weighted by molar-refractivity contribution is 9.10. The molecule has 1 unspecified atom stereocenters. The van der Waals surface area contributed by atoms with Crippen molar-refractivity contribution in [1.29, 1.82) is 0 Å². The van der Waals surface area contributed by atoms with Crippen LogP contribution in [0.1, 0.15) is 26.3 Å². The van der Waals surface area contributed by atoms with Gasteiger partial charge in [0.05, 0.1) is 18.9 Å². The first kappa shape index (κ1) is 19.6. The van der Waals surface area contributed by atoms with E-state index < -0.39 is 18.9 Å². The number of halogens is 1. The van der Waals surface area contributed by atoms with E-state index in [9.17, 15) is 4.21 Å². The van der Waals surface area contributed by atoms with E-state index in [1.807, 2.05) is 39.0 Å². The second kappa shape index (κ2) is 6.89. The molecule has 2 aromatic carbocycles. The maximum Gasteiger partial charge on any atom is 0.0791 e. The summed E-state index contributed by atoms with van der Waals surface area (Å²) in [7, 11) is -2.54. The molecule has 0 saturated heterocycles. The van der Waals surface area contributed by atoms with Gasteiger partial charge in [-0.1, -0.05) is 71.5 Å². The molecule has 0 heterocycles. The second-order valence-electron chi connectivity index (χ2n) is 8.30. The molecule has 0 aliphatic carbocycles. The maximum absolute atomic E-state index is 13.0. The zero-order valence-corrected chi connectivity index (χ0v) is 19.1. The Labute approximate surface area is 158 Å². The smallest absolute Gasteiger partial charge is 0.0791 e. The fraction of sp³-hybridized carbons (Fsp3) is 0.400. The van der Waals surface area contributed by atoms with Crippen LogP contribution in [0.25, 0.3) is 11.1 Å². The van der Waals surface area contributed by atoms with Gasteiger partial charge in [0, 0.05) is 14.1 Å². The number of benzene rings is 2. The Balaban J connectivity index is 2.75. The summed E-state index contributed by atoms with van der Waals surface area (Å²) in [6.07, 6.45) is 0. The Kier molecular flexibility index (Phi) is 5.63. The van der Waals surface area contributed by atoms with E-state index in [2.05, 4.69) is 60.7 Å². The van der Waals surface area contributed by atoms with E-state index in [0.717, 1.165) is 20.5 Å². The summed E-state index contributed by atoms with van der Waals surface area (Å²) in [5, 5.41) is 1.41. The van der Waals surface area contributed by atoms with Crippen molar-refractivity contribution in [2.75, 3.05) is 0 Å². The first-order valence-electron chi connectivity index (χ1n) is 8.25. The van der Waals surface area contributed by atoms with Crippen LogP contribution in [0.5, 0.6) is 0 Å². The van der Waals surface area contributed by atoms with Gasteiger partial charge in [-0.15, -0.1) is 0 Å². The van der Waals surface area contributed by atoms with Gasteiger partial charge in [-0.25, -0.2) is 0 Å². The Morgan fingerprint density at radius 2 is 1.58 bits per heavy atom. The third-order valence-electron chi connectivity index (χ3n) is 3.96. The summed E-state index contributed by atoms with van der Waals surface area (Å²) in [6.45, 7) is 15.3. The van der Waals surface area contributed by atoms with Crippen molar-refractivity contribution < 1.29 is 4.21 Å². The van der Waals surface area contributed by atoms with E-state index in [-0.39, 0.29) is 4.75 Å². The van der Waals surface area contributed by atoms with Crippen molar-refractivity contribution in [2.45, 2.75) is 57.0 Å². The SMILES string of the molecule is Cc1cc(-c2ccccc2S(=O)C(C)(C)C)c(Br)c([Si](C)(C)C)c1. The molecular weight excluding hydrogens is 396 g/mol. The molecule has 2 rings (SSSR count). The fourth-order valence-corrected chi connectivity index (χ4v) is 7.61. The van der Waals surface area contributed by atoms with Crippen LogP contribution in [0.15, 0.2) is 45.8 Å². The van der Waals surface area contributed by atoms with Gasteiger partial charge in [0.1, 0.15) is 0 Å². The lowest BCUT2D eigenvalue weighted by Crippen LogP contribution is -2.39. The zero-order valence-electron chi connectivity index (χ0n) is 15.7. The molecule has 0 aliphatic heterocycles. The third kappa shape index (κ3) is 4.09. The number of aryl methyl sites for hydroxylation is 1. The Morgan fingerprint density at radius 1 is 1.00 bits per heavy atom. The minimum absolute atomic E-state index is 0.284. The minimum atomic E-state index is -1.48. The van der Waals surface area contributed by atoms with Crippen molar-refractivity contribution in [3.63, 3.8) is 0 Å². The molecule has 1 atom stereocenters. The normalized spacial score (nSPS) is 13.8. The van der Waals surface area contributed by atoms with Gasteiger partial charge in [0.2, 0.25) is 0 Å². The lowest BCUT2D eigenvalue weighted by molar-refractivity contribution is 0.649. The highest BCUT2D eigenvalue weighted by Gasteiger charge is 2.26. The van der Waals surface area contributed by atoms with Gasteiger partial charge in [-0.05, 0) is 50.1 Å². The average Bonchev–Trinajstić information content (AvgIpc) is 2.46. The van der Waals surface area contributed by atoms with Gasteiger partial charge in [0.15, 0.2) is 0 Å². The third-order valence-corrected chi connectivity index (χ3v) is 9.06. The van der Waals surface area contributed by atoms with Gasteiger partial charge in [-0.3, -0.25) is 4.21 Å². The molecule has 0 amide bonds. The number of hydrogen-bond acceptors (Lipinski definition) is 1. The average molecular weight is 423 g/mol. The van der Waals surface area contributed by atoms with Crippen LogP contribution in [-0.4, -0.2) is 17.0 Å². The quantitative estimate of drug-likeness (QED) is 0.564. The standard InChI is InChI=1S/C20H27BrOSSi/c1-14-12-16(19(21)18(13-14)24(5,6)7)15-10-8-9-11-17(15)23(22)20(2,3)4/h8-13H,1-7H3. The molecule has 0 bridgehead atoms. The molecule has 0 N–H and O–H groups in total. The molecule has 0 radical (unpaired) electrons. The predicted molar refractivity (Wildman–Crippen MR) is 113 cm³/mol. The molecule has 0 aliphatic rings. The summed E-state index contributed by atoms with van der Waals surface area (Å²) >= 11 is 3.86. The molecule has 0 spiro atoms. The van der Waals surface area contributed by atoms with Crippen molar-refractivity contribution in [1.82, 2.24) is 0 Å². The summed E-state index contributed by atoms with van der Waals surface area (Å²) in [5.74, 6) is 0. The molecule has 2 aromatic rings. The van der Waals surface area contributed by atoms with E-state index in [0.29, 0.717) is 0 Å². The van der Waals surface area contributed by atoms with Gasteiger partial charge in [-0.2, -0.15) is 0 Å². The summed E-state index contributed by atoms with van der Waals surface area (Å²) in [4.78, 5) is 0.915. The van der Waals surface area contributed by atoms with Crippen LogP contribution in [0.3, 0.4) is 0 Å². The molecule has 0 aromatic heterocycles. The van der Waals surface area contributed by atoms with Crippen molar-refractivity contribution >= 4 is 40.0 Å². The number of hydrogen-bond donors (Lipinski definition) is 0. The first-order valence-corrected chi connectivity index (χ1v) is 13.7. The van der Waals surface area contributed by atoms with E-state index in [1.165, 1.54) is 10.8 Å². The van der Waals surface area contributed by atoms with Crippen molar-refractivity contribution in [3.05, 3.63) is 46.4 Å². The van der Waals surface area contributed by atoms with Crippen LogP contribution in [0, 0.1) is 6.92 Å². The maximum atomic E-state index is 13.0. The van der Waals surface area contributed by atoms with Crippen LogP contribution in [0.2, 0.25) is 19.6 Å². The van der Waals surface area contributed by atoms with Gasteiger partial charge in [0.25, 0.3) is 0 Å². The highest BCUT2D eigenvalue weighted by Crippen LogP contribution is 2.35. The van der Waals surface area contributed by atoms with Crippen LogP contribution >= 0.6 is 15.9 Å². The number of rotatable bonds is 3. The predicted octanol–water partition coefficient (Wildman–Crippen LogP) is 5.88. The lowest BCUT2D eigenvalue weighted by Gasteiger charge is -2.24. The Bertz CT molecular complexity index is 785. The highest BCUT2D eigenvalue weighted by atomic mass is 79.9. The topological polar surface area (TPSA) is 17.1 Å². The molecule has 0 saturated carbocycles. The van der Waals surface area contributed by atoms with E-state index in [1.54, 1.807) is 0 Å². The van der Waals surface area contributed by atoms with E-state index >= 15 is 0 Å². The molecule has 4 heteroatoms. The fourth-order valence-electron chi connectivity index (χ4n) is 2.69.